The van der Waals surface area contributed by atoms with Crippen molar-refractivity contribution in [2.24, 2.45) is 0 Å². The highest BCUT2D eigenvalue weighted by atomic mass is 35.5. The Morgan fingerprint density at radius 1 is 1.29 bits per heavy atom. The molecule has 1 aromatic heterocycles. The number of fused-ring (bicyclic) bond motifs is 1. The molecule has 0 fully saturated rings. The minimum absolute atomic E-state index is 0.169. The Labute approximate surface area is 126 Å². The molecule has 0 aliphatic carbocycles. The summed E-state index contributed by atoms with van der Waals surface area (Å²) in [6.45, 7) is 3.31. The summed E-state index contributed by atoms with van der Waals surface area (Å²) in [5, 5.41) is 13.3. The third-order valence-electron chi connectivity index (χ3n) is 3.04. The smallest absolute Gasteiger partial charge is 0.305 e. The highest BCUT2D eigenvalue weighted by Gasteiger charge is 2.25. The molecule has 0 saturated heterocycles. The first kappa shape index (κ1) is 15.3. The SMILES string of the molecule is CC(C)(CC(=O)O)NC(=O)c1cnc(Cl)c2ccccc12. The summed E-state index contributed by atoms with van der Waals surface area (Å²) < 4.78 is 0. The maximum absolute atomic E-state index is 12.4. The van der Waals surface area contributed by atoms with Crippen LogP contribution in [-0.4, -0.2) is 27.5 Å². The van der Waals surface area contributed by atoms with Crippen LogP contribution in [-0.2, 0) is 4.79 Å². The number of aliphatic carboxylic acids is 1. The minimum atomic E-state index is -0.973. The van der Waals surface area contributed by atoms with Gasteiger partial charge in [-0.2, -0.15) is 0 Å². The number of carboxylic acid groups (broad SMARTS) is 1. The quantitative estimate of drug-likeness (QED) is 0.851. The largest absolute Gasteiger partial charge is 0.481 e. The van der Waals surface area contributed by atoms with Crippen LogP contribution in [0.15, 0.2) is 30.5 Å². The molecule has 0 saturated carbocycles. The molecular formula is C15H15ClN2O3. The number of amides is 1. The predicted octanol–water partition coefficient (Wildman–Crippen LogP) is 2.87. The van der Waals surface area contributed by atoms with E-state index >= 15 is 0 Å². The van der Waals surface area contributed by atoms with Crippen LogP contribution in [0.3, 0.4) is 0 Å². The van der Waals surface area contributed by atoms with E-state index in [1.54, 1.807) is 32.0 Å². The van der Waals surface area contributed by atoms with Crippen LogP contribution < -0.4 is 5.32 Å². The monoisotopic (exact) mass is 306 g/mol. The van der Waals surface area contributed by atoms with E-state index in [9.17, 15) is 9.59 Å². The topological polar surface area (TPSA) is 79.3 Å². The molecular weight excluding hydrogens is 292 g/mol. The molecule has 2 aromatic rings. The molecule has 2 rings (SSSR count). The molecule has 0 bridgehead atoms. The first-order chi connectivity index (χ1) is 9.80. The normalized spacial score (nSPS) is 11.4. The number of hydrogen-bond donors (Lipinski definition) is 2. The highest BCUT2D eigenvalue weighted by Crippen LogP contribution is 2.24. The van der Waals surface area contributed by atoms with Gasteiger partial charge in [0.1, 0.15) is 5.15 Å². The Morgan fingerprint density at radius 3 is 2.52 bits per heavy atom. The molecule has 2 N–H and O–H groups in total. The van der Waals surface area contributed by atoms with Crippen LogP contribution in [0.4, 0.5) is 0 Å². The number of benzene rings is 1. The fourth-order valence-corrected chi connectivity index (χ4v) is 2.35. The van der Waals surface area contributed by atoms with E-state index < -0.39 is 11.5 Å². The Balaban J connectivity index is 2.37. The highest BCUT2D eigenvalue weighted by molar-refractivity contribution is 6.34. The van der Waals surface area contributed by atoms with Gasteiger partial charge in [0, 0.05) is 17.1 Å². The summed E-state index contributed by atoms with van der Waals surface area (Å²) in [4.78, 5) is 27.2. The standard InChI is InChI=1S/C15H15ClN2O3/c1-15(2,7-12(19)20)18-14(21)11-8-17-13(16)10-6-4-3-5-9(10)11/h3-6,8H,7H2,1-2H3,(H,18,21)(H,19,20). The molecule has 0 atom stereocenters. The van der Waals surface area contributed by atoms with Crippen LogP contribution in [0, 0.1) is 0 Å². The first-order valence-electron chi connectivity index (χ1n) is 6.38. The van der Waals surface area contributed by atoms with Crippen LogP contribution in [0.1, 0.15) is 30.6 Å². The maximum atomic E-state index is 12.4. The summed E-state index contributed by atoms with van der Waals surface area (Å²) >= 11 is 6.02. The zero-order valence-corrected chi connectivity index (χ0v) is 12.4. The molecule has 1 aromatic carbocycles. The molecule has 0 aliphatic heterocycles. The molecule has 1 amide bonds. The third-order valence-corrected chi connectivity index (χ3v) is 3.34. The average molecular weight is 307 g/mol. The number of carbonyl (C=O) groups excluding carboxylic acids is 1. The number of nitrogens with one attached hydrogen (secondary N) is 1. The number of carbonyl (C=O) groups is 2. The van der Waals surface area contributed by atoms with Gasteiger partial charge in [-0.15, -0.1) is 0 Å². The number of halogens is 1. The van der Waals surface area contributed by atoms with Crippen molar-refractivity contribution in [3.63, 3.8) is 0 Å². The lowest BCUT2D eigenvalue weighted by Crippen LogP contribution is -2.45. The van der Waals surface area contributed by atoms with Gasteiger partial charge in [0.25, 0.3) is 5.91 Å². The molecule has 21 heavy (non-hydrogen) atoms. The van der Waals surface area contributed by atoms with Gasteiger partial charge >= 0.3 is 5.97 Å². The predicted molar refractivity (Wildman–Crippen MR) is 80.6 cm³/mol. The third kappa shape index (κ3) is 3.49. The van der Waals surface area contributed by atoms with Crippen LogP contribution in [0.2, 0.25) is 5.15 Å². The molecule has 0 unspecified atom stereocenters. The number of hydrogen-bond acceptors (Lipinski definition) is 3. The van der Waals surface area contributed by atoms with Crippen molar-refractivity contribution in [1.29, 1.82) is 0 Å². The fraction of sp³-hybridized carbons (Fsp3) is 0.267. The van der Waals surface area contributed by atoms with Crippen molar-refractivity contribution in [1.82, 2.24) is 10.3 Å². The van der Waals surface area contributed by atoms with E-state index in [0.29, 0.717) is 21.5 Å². The minimum Gasteiger partial charge on any atom is -0.481 e. The van der Waals surface area contributed by atoms with Gasteiger partial charge < -0.3 is 10.4 Å². The number of pyridine rings is 1. The van der Waals surface area contributed by atoms with Crippen molar-refractivity contribution in [2.75, 3.05) is 0 Å². The number of nitrogens with zero attached hydrogens (tertiary/aromatic N) is 1. The molecule has 0 spiro atoms. The van der Waals surface area contributed by atoms with Gasteiger partial charge in [-0.3, -0.25) is 9.59 Å². The van der Waals surface area contributed by atoms with E-state index in [4.69, 9.17) is 16.7 Å². The second-order valence-corrected chi connectivity index (χ2v) is 5.77. The van der Waals surface area contributed by atoms with Crippen LogP contribution >= 0.6 is 11.6 Å². The van der Waals surface area contributed by atoms with E-state index in [0.717, 1.165) is 0 Å². The molecule has 0 radical (unpaired) electrons. The Bertz CT molecular complexity index is 713. The number of rotatable bonds is 4. The van der Waals surface area contributed by atoms with Crippen LogP contribution in [0.25, 0.3) is 10.8 Å². The lowest BCUT2D eigenvalue weighted by Gasteiger charge is -2.24. The zero-order valence-electron chi connectivity index (χ0n) is 11.7. The molecule has 6 heteroatoms. The van der Waals surface area contributed by atoms with Gasteiger partial charge in [-0.05, 0) is 19.2 Å². The van der Waals surface area contributed by atoms with Crippen molar-refractivity contribution in [3.8, 4) is 0 Å². The average Bonchev–Trinajstić information content (AvgIpc) is 2.37. The van der Waals surface area contributed by atoms with E-state index in [1.807, 2.05) is 6.07 Å². The van der Waals surface area contributed by atoms with Gasteiger partial charge in [-0.1, -0.05) is 35.9 Å². The molecule has 1 heterocycles. The summed E-state index contributed by atoms with van der Waals surface area (Å²) in [5.74, 6) is -1.35. The van der Waals surface area contributed by atoms with E-state index in [1.165, 1.54) is 6.20 Å². The fourth-order valence-electron chi connectivity index (χ4n) is 2.14. The second kappa shape index (κ2) is 5.69. The van der Waals surface area contributed by atoms with Gasteiger partial charge in [0.15, 0.2) is 0 Å². The van der Waals surface area contributed by atoms with Gasteiger partial charge in [-0.25, -0.2) is 4.98 Å². The van der Waals surface area contributed by atoms with Crippen molar-refractivity contribution in [3.05, 3.63) is 41.2 Å². The lowest BCUT2D eigenvalue weighted by molar-refractivity contribution is -0.138. The van der Waals surface area contributed by atoms with Crippen molar-refractivity contribution >= 4 is 34.2 Å². The van der Waals surface area contributed by atoms with Gasteiger partial charge in [0.2, 0.25) is 0 Å². The van der Waals surface area contributed by atoms with Crippen molar-refractivity contribution < 1.29 is 14.7 Å². The number of carboxylic acids is 1. The Morgan fingerprint density at radius 2 is 1.90 bits per heavy atom. The van der Waals surface area contributed by atoms with E-state index in [-0.39, 0.29) is 12.3 Å². The summed E-state index contributed by atoms with van der Waals surface area (Å²) in [7, 11) is 0. The van der Waals surface area contributed by atoms with E-state index in [2.05, 4.69) is 10.3 Å². The summed E-state index contributed by atoms with van der Waals surface area (Å²) in [6.07, 6.45) is 1.23. The summed E-state index contributed by atoms with van der Waals surface area (Å²) in [6, 6.07) is 7.18. The molecule has 110 valence electrons. The Hall–Kier alpha value is -2.14. The lowest BCUT2D eigenvalue weighted by atomic mass is 9.99. The number of aromatic nitrogens is 1. The zero-order chi connectivity index (χ0) is 15.6. The van der Waals surface area contributed by atoms with Crippen LogP contribution in [0.5, 0.6) is 0 Å². The summed E-state index contributed by atoms with van der Waals surface area (Å²) in [5.41, 5.74) is -0.489. The maximum Gasteiger partial charge on any atom is 0.305 e. The second-order valence-electron chi connectivity index (χ2n) is 5.42. The molecule has 5 nitrogen and oxygen atoms in total. The Kier molecular flexibility index (Phi) is 4.14. The molecule has 0 aliphatic rings. The first-order valence-corrected chi connectivity index (χ1v) is 6.75. The van der Waals surface area contributed by atoms with Crippen molar-refractivity contribution in [2.45, 2.75) is 25.8 Å². The van der Waals surface area contributed by atoms with Gasteiger partial charge in [0.05, 0.1) is 12.0 Å².